The van der Waals surface area contributed by atoms with Crippen molar-refractivity contribution in [2.24, 2.45) is 4.99 Å². The molecule has 1 aliphatic heterocycles. The maximum atomic E-state index is 13.6. The fourth-order valence-electron chi connectivity index (χ4n) is 3.96. The zero-order valence-corrected chi connectivity index (χ0v) is 21.2. The van der Waals surface area contributed by atoms with E-state index in [2.05, 4.69) is 4.99 Å². The molecule has 3 aromatic rings. The van der Waals surface area contributed by atoms with Crippen molar-refractivity contribution in [1.82, 2.24) is 4.57 Å². The predicted octanol–water partition coefficient (Wildman–Crippen LogP) is 2.35. The summed E-state index contributed by atoms with van der Waals surface area (Å²) in [5.41, 5.74) is 1.83. The van der Waals surface area contributed by atoms with Crippen LogP contribution in [0.1, 0.15) is 31.0 Å². The molecule has 4 rings (SSSR count). The molecule has 1 aliphatic rings. The second kappa shape index (κ2) is 10.2. The van der Waals surface area contributed by atoms with Gasteiger partial charge in [0.15, 0.2) is 16.3 Å². The summed E-state index contributed by atoms with van der Waals surface area (Å²) in [4.78, 5) is 42.7. The summed E-state index contributed by atoms with van der Waals surface area (Å²) in [7, 11) is 4.33. The Bertz CT molecular complexity index is 1550. The van der Waals surface area contributed by atoms with Crippen molar-refractivity contribution >= 4 is 29.4 Å². The number of benzene rings is 2. The van der Waals surface area contributed by atoms with Gasteiger partial charge in [0.1, 0.15) is 5.75 Å². The molecule has 0 radical (unpaired) electrons. The Morgan fingerprint density at radius 3 is 2.36 bits per heavy atom. The standard InChI is InChI=1S/C26H24N2O7S/c1-14-22(25(31)34-5)23(17-7-9-18(32-3)10-8-17)28-24(30)21(36-26(28)27-14)13-16-6-11-19(35-15(2)29)20(12-16)33-4/h6-13,23H,1-5H3/b21-13+/t23-/m1/s1. The van der Waals surface area contributed by atoms with Gasteiger partial charge in [0.25, 0.3) is 5.56 Å². The van der Waals surface area contributed by atoms with Gasteiger partial charge in [-0.3, -0.25) is 14.2 Å². The molecule has 2 aromatic carbocycles. The van der Waals surface area contributed by atoms with Gasteiger partial charge >= 0.3 is 11.9 Å². The number of methoxy groups -OCH3 is 3. The summed E-state index contributed by atoms with van der Waals surface area (Å²) in [5.74, 6) is 0.257. The Morgan fingerprint density at radius 1 is 1.03 bits per heavy atom. The molecule has 0 bridgehead atoms. The van der Waals surface area contributed by atoms with Crippen LogP contribution in [0.25, 0.3) is 6.08 Å². The lowest BCUT2D eigenvalue weighted by molar-refractivity contribution is -0.136. The molecule has 2 heterocycles. The molecule has 0 spiro atoms. The monoisotopic (exact) mass is 508 g/mol. The molecule has 36 heavy (non-hydrogen) atoms. The number of hydrogen-bond donors (Lipinski definition) is 0. The smallest absolute Gasteiger partial charge is 0.338 e. The highest BCUT2D eigenvalue weighted by Gasteiger charge is 2.33. The molecule has 0 saturated heterocycles. The zero-order chi connectivity index (χ0) is 26.0. The number of aromatic nitrogens is 1. The van der Waals surface area contributed by atoms with E-state index in [1.54, 1.807) is 62.6 Å². The average molecular weight is 509 g/mol. The highest BCUT2D eigenvalue weighted by atomic mass is 32.1. The van der Waals surface area contributed by atoms with E-state index in [-0.39, 0.29) is 16.9 Å². The minimum atomic E-state index is -0.720. The number of carbonyl (C=O) groups is 2. The average Bonchev–Trinajstić information content (AvgIpc) is 3.17. The second-order valence-corrected chi connectivity index (χ2v) is 8.86. The number of ether oxygens (including phenoxy) is 4. The Balaban J connectivity index is 1.89. The predicted molar refractivity (Wildman–Crippen MR) is 133 cm³/mol. The lowest BCUT2D eigenvalue weighted by Crippen LogP contribution is -2.39. The number of fused-ring (bicyclic) bond motifs is 1. The lowest BCUT2D eigenvalue weighted by Gasteiger charge is -2.24. The third-order valence-electron chi connectivity index (χ3n) is 5.60. The number of nitrogens with zero attached hydrogens (tertiary/aromatic N) is 2. The van der Waals surface area contributed by atoms with Gasteiger partial charge in [-0.05, 0) is 48.4 Å². The van der Waals surface area contributed by atoms with Crippen LogP contribution < -0.4 is 29.1 Å². The lowest BCUT2D eigenvalue weighted by atomic mass is 9.96. The van der Waals surface area contributed by atoms with Crippen LogP contribution in [0.4, 0.5) is 0 Å². The van der Waals surface area contributed by atoms with E-state index < -0.39 is 18.0 Å². The van der Waals surface area contributed by atoms with Crippen LogP contribution in [-0.2, 0) is 14.3 Å². The number of esters is 2. The number of rotatable bonds is 6. The number of carbonyl (C=O) groups excluding carboxylic acids is 2. The topological polar surface area (TPSA) is 105 Å². The van der Waals surface area contributed by atoms with Crippen LogP contribution in [0.2, 0.25) is 0 Å². The molecule has 0 amide bonds. The van der Waals surface area contributed by atoms with Crippen molar-refractivity contribution in [3.05, 3.63) is 84.5 Å². The van der Waals surface area contributed by atoms with E-state index in [1.165, 1.54) is 37.0 Å². The van der Waals surface area contributed by atoms with Crippen molar-refractivity contribution in [3.63, 3.8) is 0 Å². The van der Waals surface area contributed by atoms with E-state index in [9.17, 15) is 14.4 Å². The van der Waals surface area contributed by atoms with Gasteiger partial charge < -0.3 is 18.9 Å². The van der Waals surface area contributed by atoms with Gasteiger partial charge in [0.05, 0.1) is 43.2 Å². The molecule has 0 aliphatic carbocycles. The SMILES string of the molecule is COC(=O)C1=C(C)N=c2s/c(=C/c3ccc(OC(C)=O)c(OC)c3)c(=O)n2[C@@H]1c1ccc(OC)cc1. The van der Waals surface area contributed by atoms with Gasteiger partial charge in [-0.15, -0.1) is 0 Å². The highest BCUT2D eigenvalue weighted by Crippen LogP contribution is 2.32. The molecular formula is C26H24N2O7S. The second-order valence-electron chi connectivity index (χ2n) is 7.85. The summed E-state index contributed by atoms with van der Waals surface area (Å²) < 4.78 is 22.7. The van der Waals surface area contributed by atoms with Crippen LogP contribution in [0.15, 0.2) is 63.5 Å². The van der Waals surface area contributed by atoms with E-state index in [4.69, 9.17) is 18.9 Å². The van der Waals surface area contributed by atoms with Crippen molar-refractivity contribution < 1.29 is 28.5 Å². The van der Waals surface area contributed by atoms with Gasteiger partial charge in [0.2, 0.25) is 0 Å². The maximum absolute atomic E-state index is 13.6. The summed E-state index contributed by atoms with van der Waals surface area (Å²) in [6.07, 6.45) is 1.70. The molecule has 0 N–H and O–H groups in total. The molecule has 1 atom stereocenters. The first-order chi connectivity index (χ1) is 17.3. The van der Waals surface area contributed by atoms with E-state index in [0.717, 1.165) is 0 Å². The summed E-state index contributed by atoms with van der Waals surface area (Å²) in [6, 6.07) is 11.4. The molecule has 0 fully saturated rings. The van der Waals surface area contributed by atoms with Gasteiger partial charge in [0, 0.05) is 6.92 Å². The third kappa shape index (κ3) is 4.67. The Morgan fingerprint density at radius 2 is 1.75 bits per heavy atom. The normalized spacial score (nSPS) is 15.1. The van der Waals surface area contributed by atoms with Crippen LogP contribution in [0.5, 0.6) is 17.2 Å². The van der Waals surface area contributed by atoms with Crippen LogP contribution in [0.3, 0.4) is 0 Å². The first-order valence-corrected chi connectivity index (χ1v) is 11.7. The fraction of sp³-hybridized carbons (Fsp3) is 0.231. The van der Waals surface area contributed by atoms with E-state index in [1.807, 2.05) is 0 Å². The minimum Gasteiger partial charge on any atom is -0.497 e. The quantitative estimate of drug-likeness (QED) is 0.372. The number of thiazole rings is 1. The third-order valence-corrected chi connectivity index (χ3v) is 6.58. The Labute approximate surface area is 210 Å². The van der Waals surface area contributed by atoms with Gasteiger partial charge in [-0.2, -0.15) is 0 Å². The summed E-state index contributed by atoms with van der Waals surface area (Å²) in [6.45, 7) is 3.02. The highest BCUT2D eigenvalue weighted by molar-refractivity contribution is 7.07. The minimum absolute atomic E-state index is 0.279. The van der Waals surface area contributed by atoms with Gasteiger partial charge in [-0.1, -0.05) is 29.5 Å². The summed E-state index contributed by atoms with van der Waals surface area (Å²) >= 11 is 1.21. The zero-order valence-electron chi connectivity index (χ0n) is 20.4. The molecular weight excluding hydrogens is 484 g/mol. The molecule has 0 saturated carbocycles. The number of allylic oxidation sites excluding steroid dienone is 1. The molecule has 186 valence electrons. The van der Waals surface area contributed by atoms with E-state index in [0.29, 0.717) is 37.7 Å². The first-order valence-electron chi connectivity index (χ1n) is 10.9. The van der Waals surface area contributed by atoms with Crippen molar-refractivity contribution in [2.45, 2.75) is 19.9 Å². The van der Waals surface area contributed by atoms with Crippen LogP contribution in [0, 0.1) is 0 Å². The maximum Gasteiger partial charge on any atom is 0.338 e. The molecule has 9 nitrogen and oxygen atoms in total. The van der Waals surface area contributed by atoms with Crippen LogP contribution in [-0.4, -0.2) is 37.8 Å². The molecule has 0 unspecified atom stereocenters. The largest absolute Gasteiger partial charge is 0.497 e. The first kappa shape index (κ1) is 24.9. The Kier molecular flexibility index (Phi) is 7.07. The van der Waals surface area contributed by atoms with Gasteiger partial charge in [-0.25, -0.2) is 9.79 Å². The van der Waals surface area contributed by atoms with Crippen molar-refractivity contribution in [2.75, 3.05) is 21.3 Å². The van der Waals surface area contributed by atoms with E-state index >= 15 is 0 Å². The van der Waals surface area contributed by atoms with Crippen molar-refractivity contribution in [3.8, 4) is 17.2 Å². The molecule has 1 aromatic heterocycles. The van der Waals surface area contributed by atoms with Crippen LogP contribution >= 0.6 is 11.3 Å². The Hall–Kier alpha value is -4.18. The summed E-state index contributed by atoms with van der Waals surface area (Å²) in [5, 5.41) is 0. The molecule has 10 heteroatoms. The number of hydrogen-bond acceptors (Lipinski definition) is 9. The fourth-order valence-corrected chi connectivity index (χ4v) is 5.01. The van der Waals surface area contributed by atoms with Crippen molar-refractivity contribution in [1.29, 1.82) is 0 Å².